The van der Waals surface area contributed by atoms with Crippen molar-refractivity contribution in [3.8, 4) is 11.4 Å². The van der Waals surface area contributed by atoms with Gasteiger partial charge in [-0.2, -0.15) is 5.10 Å². The Bertz CT molecular complexity index is 1440. The highest BCUT2D eigenvalue weighted by atomic mass is 15.2. The van der Waals surface area contributed by atoms with E-state index in [1.165, 1.54) is 33.6 Å². The third kappa shape index (κ3) is 6.07. The Morgan fingerprint density at radius 1 is 0.756 bits per heavy atom. The fourth-order valence-electron chi connectivity index (χ4n) is 5.64. The third-order valence-corrected chi connectivity index (χ3v) is 7.79. The van der Waals surface area contributed by atoms with Crippen molar-refractivity contribution in [1.29, 1.82) is 0 Å². The minimum atomic E-state index is 0.432. The van der Waals surface area contributed by atoms with Gasteiger partial charge in [0.15, 0.2) is 0 Å². The normalized spacial score (nSPS) is 12.0. The summed E-state index contributed by atoms with van der Waals surface area (Å²) < 4.78 is 8.46. The van der Waals surface area contributed by atoms with Gasteiger partial charge in [-0.1, -0.05) is 91.8 Å². The van der Waals surface area contributed by atoms with Crippen LogP contribution in [0.5, 0.6) is 0 Å². The average molecular weight is 549 g/mol. The lowest BCUT2D eigenvalue weighted by molar-refractivity contribution is -0.692. The van der Waals surface area contributed by atoms with E-state index in [0.29, 0.717) is 36.8 Å². The summed E-state index contributed by atoms with van der Waals surface area (Å²) in [6.45, 7) is 19.3. The van der Waals surface area contributed by atoms with Gasteiger partial charge in [-0.05, 0) is 52.0 Å². The van der Waals surface area contributed by atoms with Gasteiger partial charge >= 0.3 is 0 Å². The smallest absolute Gasteiger partial charge is 0.243 e. The molecule has 3 heterocycles. The molecule has 6 nitrogen and oxygen atoms in total. The molecule has 0 saturated carbocycles. The van der Waals surface area contributed by atoms with Gasteiger partial charge in [-0.3, -0.25) is 5.10 Å². The number of hydrogen-bond donors (Lipinski definition) is 1. The molecule has 5 rings (SSSR count). The molecule has 0 radical (unpaired) electrons. The highest BCUT2D eigenvalue weighted by Gasteiger charge is 2.17. The highest BCUT2D eigenvalue weighted by Crippen LogP contribution is 2.31. The minimum Gasteiger partial charge on any atom is -0.326 e. The van der Waals surface area contributed by atoms with Crippen LogP contribution in [0.25, 0.3) is 11.4 Å². The fraction of sp³-hybridized carbons (Fsp3) is 0.400. The second kappa shape index (κ2) is 11.9. The van der Waals surface area contributed by atoms with E-state index in [2.05, 4.69) is 164 Å². The van der Waals surface area contributed by atoms with Crippen molar-refractivity contribution in [3.63, 3.8) is 0 Å². The standard InChI is InChI=1S/C35H44N6/c1-24(2)30-11-9-12-31(25(3)4)34(30)40-17-15-38(22-40)20-28-19-29(37-36-28)21-39-16-18-41(23-39)35-32(26(5)6)13-10-14-33(35)27(7)8/h9-19,24-27H,20-21H2,1-8H3,(H,36,37). The predicted octanol–water partition coefficient (Wildman–Crippen LogP) is 6.76. The molecule has 6 heteroatoms. The molecule has 3 aromatic heterocycles. The number of nitrogens with one attached hydrogen (secondary N) is 1. The van der Waals surface area contributed by atoms with Crippen molar-refractivity contribution in [2.75, 3.05) is 0 Å². The van der Waals surface area contributed by atoms with Crippen molar-refractivity contribution < 1.29 is 9.13 Å². The predicted molar refractivity (Wildman–Crippen MR) is 163 cm³/mol. The lowest BCUT2D eigenvalue weighted by atomic mass is 9.92. The maximum atomic E-state index is 4.61. The zero-order valence-corrected chi connectivity index (χ0v) is 25.8. The average Bonchev–Trinajstić information content (AvgIpc) is 3.70. The van der Waals surface area contributed by atoms with Crippen LogP contribution in [0.15, 0.2) is 67.3 Å². The number of H-pyrrole nitrogens is 1. The number of imidazole rings is 2. The number of hydrogen-bond acceptors (Lipinski definition) is 1. The van der Waals surface area contributed by atoms with Crippen molar-refractivity contribution in [2.45, 2.75) is 92.2 Å². The van der Waals surface area contributed by atoms with Crippen molar-refractivity contribution in [2.24, 2.45) is 0 Å². The topological polar surface area (TPSA) is 46.3 Å². The molecule has 2 aromatic carbocycles. The number of benzene rings is 2. The van der Waals surface area contributed by atoms with Gasteiger partial charge in [0.1, 0.15) is 18.8 Å². The molecule has 214 valence electrons. The fourth-order valence-corrected chi connectivity index (χ4v) is 5.64. The van der Waals surface area contributed by atoms with Gasteiger partial charge in [-0.15, -0.1) is 0 Å². The van der Waals surface area contributed by atoms with Crippen LogP contribution in [0.2, 0.25) is 0 Å². The first-order valence-electron chi connectivity index (χ1n) is 14.9. The molecule has 0 aliphatic carbocycles. The maximum absolute atomic E-state index is 4.61. The minimum absolute atomic E-state index is 0.432. The lowest BCUT2D eigenvalue weighted by Gasteiger charge is -2.20. The molecule has 0 atom stereocenters. The molecular weight excluding hydrogens is 504 g/mol. The van der Waals surface area contributed by atoms with E-state index in [1.807, 2.05) is 0 Å². The first-order chi connectivity index (χ1) is 19.6. The molecule has 0 amide bonds. The maximum Gasteiger partial charge on any atom is 0.243 e. The van der Waals surface area contributed by atoms with Gasteiger partial charge < -0.3 is 18.3 Å². The Balaban J connectivity index is 1.34. The highest BCUT2D eigenvalue weighted by molar-refractivity contribution is 5.51. The number of rotatable bonds is 10. The molecule has 0 aliphatic rings. The monoisotopic (exact) mass is 548 g/mol. The largest absolute Gasteiger partial charge is 0.326 e. The van der Waals surface area contributed by atoms with Gasteiger partial charge in [-0.25, -0.2) is 0 Å². The van der Waals surface area contributed by atoms with Crippen molar-refractivity contribution in [1.82, 2.24) is 19.3 Å². The van der Waals surface area contributed by atoms with Crippen LogP contribution in [0.1, 0.15) is 113 Å². The van der Waals surface area contributed by atoms with Gasteiger partial charge in [0.2, 0.25) is 12.7 Å². The number of aromatic amines is 1. The van der Waals surface area contributed by atoms with E-state index in [-0.39, 0.29) is 0 Å². The number of para-hydroxylation sites is 2. The summed E-state index contributed by atoms with van der Waals surface area (Å²) in [5.41, 5.74) is 9.89. The summed E-state index contributed by atoms with van der Waals surface area (Å²) in [6.07, 6.45) is 15.5. The van der Waals surface area contributed by atoms with Gasteiger partial charge in [0.25, 0.3) is 0 Å². The summed E-state index contributed by atoms with van der Waals surface area (Å²) in [4.78, 5) is 0. The number of nitrogens with zero attached hydrogens (tertiary/aromatic N) is 5. The Morgan fingerprint density at radius 3 is 1.93 bits per heavy atom. The van der Waals surface area contributed by atoms with Crippen LogP contribution in [-0.4, -0.2) is 19.3 Å². The van der Waals surface area contributed by atoms with E-state index in [1.54, 1.807) is 0 Å². The summed E-state index contributed by atoms with van der Waals surface area (Å²) in [6, 6.07) is 15.4. The van der Waals surface area contributed by atoms with Gasteiger partial charge in [0.05, 0.1) is 17.1 Å². The molecule has 0 aliphatic heterocycles. The summed E-state index contributed by atoms with van der Waals surface area (Å²) in [5.74, 6) is 1.73. The van der Waals surface area contributed by atoms with Crippen LogP contribution in [0.4, 0.5) is 0 Å². The van der Waals surface area contributed by atoms with E-state index in [9.17, 15) is 0 Å². The molecule has 0 fully saturated rings. The van der Waals surface area contributed by atoms with E-state index in [4.69, 9.17) is 0 Å². The second-order valence-corrected chi connectivity index (χ2v) is 12.4. The van der Waals surface area contributed by atoms with Crippen LogP contribution in [-0.2, 0) is 13.1 Å². The Hall–Kier alpha value is -3.93. The van der Waals surface area contributed by atoms with Crippen LogP contribution in [0, 0.1) is 12.7 Å². The summed E-state index contributed by atoms with van der Waals surface area (Å²) >= 11 is 0. The molecule has 1 N–H and O–H groups in total. The third-order valence-electron chi connectivity index (χ3n) is 7.79. The summed E-state index contributed by atoms with van der Waals surface area (Å²) in [5, 5.41) is 7.85. The molecule has 0 bridgehead atoms. The quantitative estimate of drug-likeness (QED) is 0.152. The Labute approximate surface area is 245 Å². The summed E-state index contributed by atoms with van der Waals surface area (Å²) in [7, 11) is 0. The first kappa shape index (κ1) is 28.6. The Morgan fingerprint density at radius 2 is 1.34 bits per heavy atom. The SMILES string of the molecule is CC(C)c1cccc(C(C)C)c1-n1[c-][n+](Cc2cc(Cn3[c-][n+](-c4c(C(C)C)cccc4C(C)C)cc3)n[nH]2)cc1. The van der Waals surface area contributed by atoms with Crippen LogP contribution >= 0.6 is 0 Å². The first-order valence-corrected chi connectivity index (χ1v) is 14.9. The van der Waals surface area contributed by atoms with E-state index >= 15 is 0 Å². The van der Waals surface area contributed by atoms with Gasteiger partial charge in [0, 0.05) is 24.8 Å². The second-order valence-electron chi connectivity index (χ2n) is 12.4. The zero-order chi connectivity index (χ0) is 29.3. The van der Waals surface area contributed by atoms with Crippen molar-refractivity contribution in [3.05, 3.63) is 114 Å². The van der Waals surface area contributed by atoms with Crippen molar-refractivity contribution >= 4 is 0 Å². The molecule has 0 saturated heterocycles. The number of aromatic nitrogens is 6. The lowest BCUT2D eigenvalue weighted by Crippen LogP contribution is -2.32. The molecule has 41 heavy (non-hydrogen) atoms. The molecule has 0 unspecified atom stereocenters. The Kier molecular flexibility index (Phi) is 8.30. The van der Waals surface area contributed by atoms with E-state index in [0.717, 1.165) is 11.4 Å². The van der Waals surface area contributed by atoms with Crippen LogP contribution < -0.4 is 9.13 Å². The molecule has 5 aromatic rings. The molecule has 0 spiro atoms. The molecular formula is C35H44N6. The zero-order valence-electron chi connectivity index (χ0n) is 25.8. The van der Waals surface area contributed by atoms with E-state index < -0.39 is 0 Å². The van der Waals surface area contributed by atoms with Crippen LogP contribution in [0.3, 0.4) is 0 Å².